The largest absolute Gasteiger partial charge is 0.493 e. The van der Waals surface area contributed by atoms with Crippen LogP contribution in [-0.4, -0.2) is 43.0 Å². The van der Waals surface area contributed by atoms with Crippen molar-refractivity contribution in [3.63, 3.8) is 0 Å². The molecule has 6 nitrogen and oxygen atoms in total. The van der Waals surface area contributed by atoms with Crippen LogP contribution < -0.4 is 14.8 Å². The number of hydrogen-bond acceptors (Lipinski definition) is 4. The van der Waals surface area contributed by atoms with E-state index in [1.165, 1.54) is 0 Å². The Hall–Kier alpha value is -3.02. The van der Waals surface area contributed by atoms with Crippen LogP contribution in [0.5, 0.6) is 11.5 Å². The molecule has 2 aromatic carbocycles. The summed E-state index contributed by atoms with van der Waals surface area (Å²) >= 11 is 0. The number of rotatable bonds is 10. The van der Waals surface area contributed by atoms with Gasteiger partial charge in [0.1, 0.15) is 0 Å². The molecule has 1 aliphatic carbocycles. The van der Waals surface area contributed by atoms with E-state index >= 15 is 0 Å². The number of benzene rings is 2. The summed E-state index contributed by atoms with van der Waals surface area (Å²) < 4.78 is 10.9. The van der Waals surface area contributed by atoms with E-state index < -0.39 is 0 Å². The molecular formula is C22H26N2O4. The van der Waals surface area contributed by atoms with E-state index in [1.54, 1.807) is 24.1 Å². The monoisotopic (exact) mass is 382 g/mol. The predicted octanol–water partition coefficient (Wildman–Crippen LogP) is 2.77. The zero-order valence-corrected chi connectivity index (χ0v) is 16.1. The standard InChI is InChI=1S/C22H26N2O4/c1-27-19-9-5-6-10-20(19)28-16-22(26)24(18-11-12-18)14-13-21(25)23-15-17-7-3-2-4-8-17/h2-10,18H,11-16H2,1H3,(H,23,25). The van der Waals surface area contributed by atoms with Crippen LogP contribution in [0.4, 0.5) is 0 Å². The predicted molar refractivity (Wildman–Crippen MR) is 106 cm³/mol. The average molecular weight is 382 g/mol. The van der Waals surface area contributed by atoms with Gasteiger partial charge in [0.2, 0.25) is 5.91 Å². The molecule has 0 atom stereocenters. The van der Waals surface area contributed by atoms with Crippen molar-refractivity contribution in [2.75, 3.05) is 20.3 Å². The highest BCUT2D eigenvalue weighted by Crippen LogP contribution is 2.28. The second-order valence-electron chi connectivity index (χ2n) is 6.77. The first kappa shape index (κ1) is 19.7. The molecule has 0 aliphatic heterocycles. The van der Waals surface area contributed by atoms with E-state index in [1.807, 2.05) is 42.5 Å². The molecule has 28 heavy (non-hydrogen) atoms. The fourth-order valence-corrected chi connectivity index (χ4v) is 2.96. The molecule has 0 spiro atoms. The molecular weight excluding hydrogens is 356 g/mol. The van der Waals surface area contributed by atoms with Gasteiger partial charge in [0.25, 0.3) is 5.91 Å². The lowest BCUT2D eigenvalue weighted by Crippen LogP contribution is -2.39. The van der Waals surface area contributed by atoms with E-state index in [2.05, 4.69) is 5.32 Å². The van der Waals surface area contributed by atoms with Gasteiger partial charge in [-0.3, -0.25) is 9.59 Å². The Labute approximate surface area is 165 Å². The first-order valence-electron chi connectivity index (χ1n) is 9.53. The van der Waals surface area contributed by atoms with Crippen LogP contribution in [0.25, 0.3) is 0 Å². The molecule has 1 aliphatic rings. The molecule has 148 valence electrons. The Bertz CT molecular complexity index is 790. The average Bonchev–Trinajstić information content (AvgIpc) is 3.57. The van der Waals surface area contributed by atoms with Gasteiger partial charge in [0.05, 0.1) is 7.11 Å². The fourth-order valence-electron chi connectivity index (χ4n) is 2.96. The van der Waals surface area contributed by atoms with Crippen molar-refractivity contribution in [1.29, 1.82) is 0 Å². The van der Waals surface area contributed by atoms with Crippen LogP contribution in [0, 0.1) is 0 Å². The third kappa shape index (κ3) is 5.74. The highest BCUT2D eigenvalue weighted by molar-refractivity contribution is 5.80. The van der Waals surface area contributed by atoms with Crippen LogP contribution in [0.3, 0.4) is 0 Å². The second-order valence-corrected chi connectivity index (χ2v) is 6.77. The number of para-hydroxylation sites is 2. The van der Waals surface area contributed by atoms with Gasteiger partial charge in [0.15, 0.2) is 18.1 Å². The molecule has 0 radical (unpaired) electrons. The van der Waals surface area contributed by atoms with Crippen LogP contribution in [0.2, 0.25) is 0 Å². The van der Waals surface area contributed by atoms with Crippen LogP contribution in [0.15, 0.2) is 54.6 Å². The Balaban J connectivity index is 1.46. The minimum Gasteiger partial charge on any atom is -0.493 e. The van der Waals surface area contributed by atoms with Crippen molar-refractivity contribution >= 4 is 11.8 Å². The summed E-state index contributed by atoms with van der Waals surface area (Å²) in [5.74, 6) is 0.959. The molecule has 2 aromatic rings. The second kappa shape index (κ2) is 9.78. The number of amides is 2. The van der Waals surface area contributed by atoms with E-state index in [0.717, 1.165) is 18.4 Å². The SMILES string of the molecule is COc1ccccc1OCC(=O)N(CCC(=O)NCc1ccccc1)C1CC1. The molecule has 0 heterocycles. The molecule has 0 unspecified atom stereocenters. The number of methoxy groups -OCH3 is 1. The Morgan fingerprint density at radius 1 is 1.04 bits per heavy atom. The van der Waals surface area contributed by atoms with Gasteiger partial charge in [-0.2, -0.15) is 0 Å². The van der Waals surface area contributed by atoms with Crippen LogP contribution in [0.1, 0.15) is 24.8 Å². The van der Waals surface area contributed by atoms with E-state index in [9.17, 15) is 9.59 Å². The third-order valence-electron chi connectivity index (χ3n) is 4.64. The zero-order chi connectivity index (χ0) is 19.8. The highest BCUT2D eigenvalue weighted by Gasteiger charge is 2.32. The lowest BCUT2D eigenvalue weighted by atomic mass is 10.2. The normalized spacial score (nSPS) is 12.9. The van der Waals surface area contributed by atoms with Crippen molar-refractivity contribution in [3.05, 3.63) is 60.2 Å². The maximum atomic E-state index is 12.6. The zero-order valence-electron chi connectivity index (χ0n) is 16.1. The topological polar surface area (TPSA) is 67.9 Å². The van der Waals surface area contributed by atoms with E-state index in [4.69, 9.17) is 9.47 Å². The Morgan fingerprint density at radius 2 is 1.71 bits per heavy atom. The molecule has 3 rings (SSSR count). The first-order valence-corrected chi connectivity index (χ1v) is 9.53. The van der Waals surface area contributed by atoms with Crippen molar-refractivity contribution in [1.82, 2.24) is 10.2 Å². The maximum absolute atomic E-state index is 12.6. The van der Waals surface area contributed by atoms with Gasteiger partial charge in [-0.1, -0.05) is 42.5 Å². The number of nitrogens with one attached hydrogen (secondary N) is 1. The molecule has 6 heteroatoms. The molecule has 1 fully saturated rings. The fraction of sp³-hybridized carbons (Fsp3) is 0.364. The Morgan fingerprint density at radius 3 is 2.39 bits per heavy atom. The summed E-state index contributed by atoms with van der Waals surface area (Å²) in [4.78, 5) is 26.5. The third-order valence-corrected chi connectivity index (χ3v) is 4.64. The highest BCUT2D eigenvalue weighted by atomic mass is 16.5. The number of ether oxygens (including phenoxy) is 2. The van der Waals surface area contributed by atoms with Gasteiger partial charge >= 0.3 is 0 Å². The summed E-state index contributed by atoms with van der Waals surface area (Å²) in [5, 5.41) is 2.90. The first-order chi connectivity index (χ1) is 13.7. The molecule has 0 saturated heterocycles. The minimum atomic E-state index is -0.107. The number of carbonyl (C=O) groups is 2. The van der Waals surface area contributed by atoms with E-state index in [-0.39, 0.29) is 30.9 Å². The molecule has 0 aromatic heterocycles. The number of carbonyl (C=O) groups excluding carboxylic acids is 2. The van der Waals surface area contributed by atoms with Crippen LogP contribution >= 0.6 is 0 Å². The summed E-state index contributed by atoms with van der Waals surface area (Å²) in [6.45, 7) is 0.829. The quantitative estimate of drug-likeness (QED) is 0.686. The van der Waals surface area contributed by atoms with Crippen molar-refractivity contribution in [2.45, 2.75) is 31.8 Å². The Kier molecular flexibility index (Phi) is 6.89. The molecule has 1 saturated carbocycles. The summed E-state index contributed by atoms with van der Waals surface area (Å²) in [7, 11) is 1.56. The van der Waals surface area contributed by atoms with Gasteiger partial charge in [-0.15, -0.1) is 0 Å². The summed E-state index contributed by atoms with van der Waals surface area (Å²) in [6.07, 6.45) is 2.24. The maximum Gasteiger partial charge on any atom is 0.260 e. The summed E-state index contributed by atoms with van der Waals surface area (Å²) in [5.41, 5.74) is 1.05. The number of hydrogen-bond donors (Lipinski definition) is 1. The van der Waals surface area contributed by atoms with Gasteiger partial charge in [0, 0.05) is 25.6 Å². The van der Waals surface area contributed by atoms with Gasteiger partial charge in [-0.25, -0.2) is 0 Å². The van der Waals surface area contributed by atoms with Crippen molar-refractivity contribution in [3.8, 4) is 11.5 Å². The van der Waals surface area contributed by atoms with Crippen LogP contribution in [-0.2, 0) is 16.1 Å². The summed E-state index contributed by atoms with van der Waals surface area (Å²) in [6, 6.07) is 17.2. The van der Waals surface area contributed by atoms with Gasteiger partial charge < -0.3 is 19.7 Å². The smallest absolute Gasteiger partial charge is 0.260 e. The van der Waals surface area contributed by atoms with Gasteiger partial charge in [-0.05, 0) is 30.5 Å². The molecule has 0 bridgehead atoms. The molecule has 1 N–H and O–H groups in total. The van der Waals surface area contributed by atoms with Crippen molar-refractivity contribution < 1.29 is 19.1 Å². The lowest BCUT2D eigenvalue weighted by Gasteiger charge is -2.22. The lowest BCUT2D eigenvalue weighted by molar-refractivity contribution is -0.134. The molecule has 2 amide bonds. The van der Waals surface area contributed by atoms with Crippen molar-refractivity contribution in [2.24, 2.45) is 0 Å². The van der Waals surface area contributed by atoms with E-state index in [0.29, 0.717) is 24.6 Å². The minimum absolute atomic E-state index is 0.0621. The number of nitrogens with zero attached hydrogens (tertiary/aromatic N) is 1.